The quantitative estimate of drug-likeness (QED) is 0.845. The van der Waals surface area contributed by atoms with Gasteiger partial charge in [-0.1, -0.05) is 6.07 Å². The second-order valence-electron chi connectivity index (χ2n) is 5.09. The van der Waals surface area contributed by atoms with Crippen molar-refractivity contribution in [2.45, 2.75) is 18.6 Å². The highest BCUT2D eigenvalue weighted by molar-refractivity contribution is 7.99. The van der Waals surface area contributed by atoms with E-state index in [4.69, 9.17) is 0 Å². The highest BCUT2D eigenvalue weighted by Gasteiger charge is 2.24. The van der Waals surface area contributed by atoms with Crippen LogP contribution in [0.15, 0.2) is 35.8 Å². The number of nitrogens with zero attached hydrogens (tertiary/aromatic N) is 2. The van der Waals surface area contributed by atoms with Crippen LogP contribution in [0.2, 0.25) is 0 Å². The van der Waals surface area contributed by atoms with Crippen LogP contribution in [0.5, 0.6) is 0 Å². The number of amides is 1. The van der Waals surface area contributed by atoms with E-state index in [1.54, 1.807) is 6.20 Å². The minimum absolute atomic E-state index is 0.119. The van der Waals surface area contributed by atoms with Crippen molar-refractivity contribution in [1.82, 2.24) is 9.88 Å². The molecule has 3 heterocycles. The average molecular weight is 318 g/mol. The monoisotopic (exact) mass is 318 g/mol. The topological polar surface area (TPSA) is 33.2 Å². The molecule has 2 aromatic rings. The molecule has 1 amide bonds. The van der Waals surface area contributed by atoms with Crippen molar-refractivity contribution in [3.63, 3.8) is 0 Å². The summed E-state index contributed by atoms with van der Waals surface area (Å²) in [5, 5.41) is 2.65. The standard InChI is InChI=1S/C16H18N2OS2/c1-12-13(4-2-7-17-12)16(19)18-8-6-15(21-11-9-18)14-5-3-10-20-14/h2-5,7,10,15H,6,8-9,11H2,1H3/t15-/m0/s1. The lowest BCUT2D eigenvalue weighted by atomic mass is 10.1. The predicted octanol–water partition coefficient (Wildman–Crippen LogP) is 3.77. The van der Waals surface area contributed by atoms with Crippen molar-refractivity contribution in [3.05, 3.63) is 52.0 Å². The molecule has 3 nitrogen and oxygen atoms in total. The lowest BCUT2D eigenvalue weighted by molar-refractivity contribution is 0.0765. The van der Waals surface area contributed by atoms with Gasteiger partial charge in [-0.25, -0.2) is 0 Å². The van der Waals surface area contributed by atoms with Gasteiger partial charge < -0.3 is 4.90 Å². The van der Waals surface area contributed by atoms with E-state index in [9.17, 15) is 4.79 Å². The van der Waals surface area contributed by atoms with Gasteiger partial charge >= 0.3 is 0 Å². The first-order chi connectivity index (χ1) is 10.3. The van der Waals surface area contributed by atoms with Gasteiger partial charge in [-0.3, -0.25) is 9.78 Å². The smallest absolute Gasteiger partial charge is 0.255 e. The van der Waals surface area contributed by atoms with E-state index in [1.807, 2.05) is 47.1 Å². The maximum atomic E-state index is 12.6. The minimum Gasteiger partial charge on any atom is -0.338 e. The Kier molecular flexibility index (Phi) is 4.60. The number of rotatable bonds is 2. The first-order valence-corrected chi connectivity index (χ1v) is 9.04. The highest BCUT2D eigenvalue weighted by Crippen LogP contribution is 2.36. The summed E-state index contributed by atoms with van der Waals surface area (Å²) in [5.74, 6) is 1.11. The van der Waals surface area contributed by atoms with E-state index in [1.165, 1.54) is 4.88 Å². The molecule has 0 spiro atoms. The fraction of sp³-hybridized carbons (Fsp3) is 0.375. The Labute approximate surface area is 133 Å². The van der Waals surface area contributed by atoms with E-state index in [2.05, 4.69) is 22.5 Å². The van der Waals surface area contributed by atoms with E-state index in [0.29, 0.717) is 5.25 Å². The third-order valence-corrected chi connectivity index (χ3v) is 6.17. The van der Waals surface area contributed by atoms with Crippen molar-refractivity contribution in [1.29, 1.82) is 0 Å². The molecule has 0 bridgehead atoms. The number of thiophene rings is 1. The van der Waals surface area contributed by atoms with Crippen LogP contribution < -0.4 is 0 Å². The van der Waals surface area contributed by atoms with Crippen molar-refractivity contribution in [2.75, 3.05) is 18.8 Å². The zero-order valence-corrected chi connectivity index (χ0v) is 13.6. The Hall–Kier alpha value is -1.33. The van der Waals surface area contributed by atoms with Crippen LogP contribution >= 0.6 is 23.1 Å². The van der Waals surface area contributed by atoms with Gasteiger partial charge in [0.25, 0.3) is 5.91 Å². The molecule has 21 heavy (non-hydrogen) atoms. The van der Waals surface area contributed by atoms with Crippen molar-refractivity contribution >= 4 is 29.0 Å². The number of aryl methyl sites for hydroxylation is 1. The first-order valence-electron chi connectivity index (χ1n) is 7.11. The van der Waals surface area contributed by atoms with Gasteiger partial charge in [0.2, 0.25) is 0 Å². The molecular weight excluding hydrogens is 300 g/mol. The van der Waals surface area contributed by atoms with Gasteiger partial charge in [0.05, 0.1) is 5.56 Å². The van der Waals surface area contributed by atoms with Gasteiger partial charge in [0, 0.05) is 40.9 Å². The Morgan fingerprint density at radius 3 is 3.00 bits per heavy atom. The molecule has 2 aromatic heterocycles. The molecule has 0 radical (unpaired) electrons. The van der Waals surface area contributed by atoms with Crippen LogP contribution in [-0.2, 0) is 0 Å². The summed E-state index contributed by atoms with van der Waals surface area (Å²) >= 11 is 3.78. The summed E-state index contributed by atoms with van der Waals surface area (Å²) in [7, 11) is 0. The first kappa shape index (κ1) is 14.6. The summed E-state index contributed by atoms with van der Waals surface area (Å²) in [6, 6.07) is 8.01. The number of carbonyl (C=O) groups is 1. The Morgan fingerprint density at radius 1 is 1.33 bits per heavy atom. The lowest BCUT2D eigenvalue weighted by Crippen LogP contribution is -2.33. The minimum atomic E-state index is 0.119. The molecule has 1 fully saturated rings. The van der Waals surface area contributed by atoms with E-state index < -0.39 is 0 Å². The van der Waals surface area contributed by atoms with Crippen molar-refractivity contribution < 1.29 is 4.79 Å². The summed E-state index contributed by atoms with van der Waals surface area (Å²) < 4.78 is 0. The average Bonchev–Trinajstić information content (AvgIpc) is 2.92. The van der Waals surface area contributed by atoms with Gasteiger partial charge in [-0.2, -0.15) is 11.8 Å². The molecule has 0 aromatic carbocycles. The Bertz CT molecular complexity index is 612. The van der Waals surface area contributed by atoms with Gasteiger partial charge in [-0.15, -0.1) is 11.3 Å². The van der Waals surface area contributed by atoms with E-state index in [0.717, 1.165) is 36.5 Å². The normalized spacial score (nSPS) is 19.3. The third kappa shape index (κ3) is 3.30. The molecular formula is C16H18N2OS2. The summed E-state index contributed by atoms with van der Waals surface area (Å²) in [5.41, 5.74) is 1.55. The molecule has 0 unspecified atom stereocenters. The lowest BCUT2D eigenvalue weighted by Gasteiger charge is -2.20. The molecule has 1 aliphatic rings. The van der Waals surface area contributed by atoms with E-state index >= 15 is 0 Å². The fourth-order valence-corrected chi connectivity index (χ4v) is 4.79. The number of hydrogen-bond acceptors (Lipinski definition) is 4. The van der Waals surface area contributed by atoms with Gasteiger partial charge in [0.1, 0.15) is 0 Å². The van der Waals surface area contributed by atoms with Crippen LogP contribution in [0.3, 0.4) is 0 Å². The van der Waals surface area contributed by atoms with E-state index in [-0.39, 0.29) is 5.91 Å². The Balaban J connectivity index is 1.70. The second kappa shape index (κ2) is 6.62. The predicted molar refractivity (Wildman–Crippen MR) is 89.0 cm³/mol. The summed E-state index contributed by atoms with van der Waals surface area (Å²) in [4.78, 5) is 20.3. The number of hydrogen-bond donors (Lipinski definition) is 0. The Morgan fingerprint density at radius 2 is 2.24 bits per heavy atom. The number of aromatic nitrogens is 1. The molecule has 3 rings (SSSR count). The zero-order chi connectivity index (χ0) is 14.7. The van der Waals surface area contributed by atoms with Crippen molar-refractivity contribution in [2.24, 2.45) is 0 Å². The summed E-state index contributed by atoms with van der Waals surface area (Å²) in [6.07, 6.45) is 2.76. The zero-order valence-electron chi connectivity index (χ0n) is 12.0. The van der Waals surface area contributed by atoms with Crippen LogP contribution in [0, 0.1) is 6.92 Å². The molecule has 0 saturated carbocycles. The van der Waals surface area contributed by atoms with Gasteiger partial charge in [0.15, 0.2) is 0 Å². The highest BCUT2D eigenvalue weighted by atomic mass is 32.2. The largest absolute Gasteiger partial charge is 0.338 e. The van der Waals surface area contributed by atoms with Gasteiger partial charge in [-0.05, 0) is 36.9 Å². The number of pyridine rings is 1. The van der Waals surface area contributed by atoms with Crippen molar-refractivity contribution in [3.8, 4) is 0 Å². The van der Waals surface area contributed by atoms with Crippen LogP contribution in [0.1, 0.15) is 32.6 Å². The van der Waals surface area contributed by atoms with Crippen LogP contribution in [0.4, 0.5) is 0 Å². The molecule has 1 atom stereocenters. The maximum absolute atomic E-state index is 12.6. The number of thioether (sulfide) groups is 1. The maximum Gasteiger partial charge on any atom is 0.255 e. The SMILES string of the molecule is Cc1ncccc1C(=O)N1CCS[C@H](c2cccs2)CC1. The molecule has 110 valence electrons. The number of carbonyl (C=O) groups excluding carboxylic acids is 1. The fourth-order valence-electron chi connectivity index (χ4n) is 2.56. The second-order valence-corrected chi connectivity index (χ2v) is 7.38. The molecule has 5 heteroatoms. The molecule has 1 saturated heterocycles. The summed E-state index contributed by atoms with van der Waals surface area (Å²) in [6.45, 7) is 3.54. The van der Waals surface area contributed by atoms with Crippen LogP contribution in [-0.4, -0.2) is 34.6 Å². The molecule has 0 N–H and O–H groups in total. The van der Waals surface area contributed by atoms with Crippen LogP contribution in [0.25, 0.3) is 0 Å². The third-order valence-electron chi connectivity index (χ3n) is 3.73. The molecule has 0 aliphatic carbocycles. The molecule has 1 aliphatic heterocycles.